The van der Waals surface area contributed by atoms with Gasteiger partial charge in [-0.3, -0.25) is 0 Å². The van der Waals surface area contributed by atoms with Crippen molar-refractivity contribution in [2.24, 2.45) is 0 Å². The van der Waals surface area contributed by atoms with Crippen LogP contribution in [0.15, 0.2) is 17.5 Å². The van der Waals surface area contributed by atoms with Gasteiger partial charge in [-0.25, -0.2) is 4.79 Å². The van der Waals surface area contributed by atoms with Crippen LogP contribution < -0.4 is 5.32 Å². The molecule has 1 aliphatic rings. The van der Waals surface area contributed by atoms with Crippen molar-refractivity contribution >= 4 is 17.4 Å². The van der Waals surface area contributed by atoms with Gasteiger partial charge in [0.25, 0.3) is 0 Å². The highest BCUT2D eigenvalue weighted by Crippen LogP contribution is 2.17. The van der Waals surface area contributed by atoms with E-state index in [0.29, 0.717) is 12.6 Å². The molecule has 5 heteroatoms. The number of hydrogen-bond acceptors (Lipinski definition) is 3. The Hall–Kier alpha value is -1.07. The van der Waals surface area contributed by atoms with E-state index in [2.05, 4.69) is 22.8 Å². The van der Waals surface area contributed by atoms with Gasteiger partial charge < -0.3 is 15.0 Å². The molecule has 0 bridgehead atoms. The summed E-state index contributed by atoms with van der Waals surface area (Å²) in [6, 6.07) is 4.57. The topological polar surface area (TPSA) is 41.6 Å². The van der Waals surface area contributed by atoms with Crippen LogP contribution in [0, 0.1) is 0 Å². The van der Waals surface area contributed by atoms with Crippen molar-refractivity contribution in [1.82, 2.24) is 10.2 Å². The molecule has 2 heterocycles. The van der Waals surface area contributed by atoms with Crippen LogP contribution in [-0.4, -0.2) is 43.3 Å². The van der Waals surface area contributed by atoms with Crippen molar-refractivity contribution in [2.75, 3.05) is 26.3 Å². The smallest absolute Gasteiger partial charge is 0.317 e. The highest BCUT2D eigenvalue weighted by Gasteiger charge is 2.25. The molecule has 1 N–H and O–H groups in total. The Morgan fingerprint density at radius 1 is 1.53 bits per heavy atom. The van der Waals surface area contributed by atoms with Gasteiger partial charge >= 0.3 is 6.03 Å². The van der Waals surface area contributed by atoms with E-state index >= 15 is 0 Å². The second-order valence-electron chi connectivity index (χ2n) is 4.70. The van der Waals surface area contributed by atoms with Gasteiger partial charge in [0, 0.05) is 37.2 Å². The van der Waals surface area contributed by atoms with E-state index in [-0.39, 0.29) is 6.03 Å². The van der Waals surface area contributed by atoms with Gasteiger partial charge in [-0.2, -0.15) is 0 Å². The van der Waals surface area contributed by atoms with Crippen LogP contribution in [0.2, 0.25) is 0 Å². The predicted molar refractivity (Wildman–Crippen MR) is 77.6 cm³/mol. The minimum absolute atomic E-state index is 0.0611. The Balaban J connectivity index is 1.94. The van der Waals surface area contributed by atoms with E-state index in [9.17, 15) is 4.79 Å². The third kappa shape index (κ3) is 4.21. The van der Waals surface area contributed by atoms with Crippen LogP contribution in [0.1, 0.15) is 24.6 Å². The Labute approximate surface area is 118 Å². The molecule has 0 atom stereocenters. The molecular formula is C14H22N2O2S. The van der Waals surface area contributed by atoms with Crippen LogP contribution in [0.5, 0.6) is 0 Å². The second kappa shape index (κ2) is 7.50. The minimum Gasteiger partial charge on any atom is -0.381 e. The number of carbonyl (C=O) groups is 1. The number of hydrogen-bond donors (Lipinski definition) is 1. The molecule has 4 nitrogen and oxygen atoms in total. The first-order valence-electron chi connectivity index (χ1n) is 6.96. The SMILES string of the molecule is CCNC(=O)N(CCc1cccs1)C1CCOCC1. The molecule has 106 valence electrons. The van der Waals surface area contributed by atoms with Gasteiger partial charge in [-0.1, -0.05) is 6.07 Å². The molecule has 0 spiro atoms. The first-order chi connectivity index (χ1) is 9.31. The van der Waals surface area contributed by atoms with E-state index in [1.165, 1.54) is 4.88 Å². The first kappa shape index (κ1) is 14.3. The minimum atomic E-state index is 0.0611. The zero-order valence-corrected chi connectivity index (χ0v) is 12.2. The van der Waals surface area contributed by atoms with Gasteiger partial charge in [0.2, 0.25) is 0 Å². The quantitative estimate of drug-likeness (QED) is 0.901. The molecule has 1 saturated heterocycles. The number of carbonyl (C=O) groups excluding carboxylic acids is 1. The summed E-state index contributed by atoms with van der Waals surface area (Å²) in [5, 5.41) is 5.01. The summed E-state index contributed by atoms with van der Waals surface area (Å²) < 4.78 is 5.38. The van der Waals surface area contributed by atoms with Crippen LogP contribution in [0.3, 0.4) is 0 Å². The molecule has 0 aromatic carbocycles. The summed E-state index contributed by atoms with van der Waals surface area (Å²) in [7, 11) is 0. The van der Waals surface area contributed by atoms with E-state index in [4.69, 9.17) is 4.74 Å². The molecule has 0 unspecified atom stereocenters. The standard InChI is InChI=1S/C14H22N2O2S/c1-2-15-14(17)16(12-6-9-18-10-7-12)8-5-13-4-3-11-19-13/h3-4,11-12H,2,5-10H2,1H3,(H,15,17). The van der Waals surface area contributed by atoms with Crippen LogP contribution in [-0.2, 0) is 11.2 Å². The number of rotatable bonds is 5. The maximum atomic E-state index is 12.2. The van der Waals surface area contributed by atoms with Crippen LogP contribution in [0.4, 0.5) is 4.79 Å². The number of thiophene rings is 1. The number of nitrogens with zero attached hydrogens (tertiary/aromatic N) is 1. The summed E-state index contributed by atoms with van der Waals surface area (Å²) in [6.45, 7) is 4.95. The van der Waals surface area contributed by atoms with Crippen molar-refractivity contribution in [3.63, 3.8) is 0 Å². The Kier molecular flexibility index (Phi) is 5.66. The number of amides is 2. The third-order valence-corrected chi connectivity index (χ3v) is 4.34. The second-order valence-corrected chi connectivity index (χ2v) is 5.73. The summed E-state index contributed by atoms with van der Waals surface area (Å²) in [6.07, 6.45) is 2.83. The Bertz CT molecular complexity index is 375. The number of ether oxygens (including phenoxy) is 1. The van der Waals surface area contributed by atoms with Gasteiger partial charge in [-0.05, 0) is 37.6 Å². The van der Waals surface area contributed by atoms with Crippen molar-refractivity contribution in [1.29, 1.82) is 0 Å². The molecule has 1 aliphatic heterocycles. The number of urea groups is 1. The van der Waals surface area contributed by atoms with Crippen molar-refractivity contribution < 1.29 is 9.53 Å². The lowest BCUT2D eigenvalue weighted by Crippen LogP contribution is -2.49. The first-order valence-corrected chi connectivity index (χ1v) is 7.84. The van der Waals surface area contributed by atoms with E-state index in [0.717, 1.165) is 39.0 Å². The molecular weight excluding hydrogens is 260 g/mol. The van der Waals surface area contributed by atoms with E-state index in [1.807, 2.05) is 11.8 Å². The van der Waals surface area contributed by atoms with Gasteiger partial charge in [-0.15, -0.1) is 11.3 Å². The fourth-order valence-electron chi connectivity index (χ4n) is 2.39. The highest BCUT2D eigenvalue weighted by molar-refractivity contribution is 7.09. The predicted octanol–water partition coefficient (Wildman–Crippen LogP) is 2.50. The molecule has 0 aliphatic carbocycles. The Morgan fingerprint density at radius 3 is 2.95 bits per heavy atom. The van der Waals surface area contributed by atoms with E-state index in [1.54, 1.807) is 11.3 Å². The van der Waals surface area contributed by atoms with Gasteiger partial charge in [0.05, 0.1) is 0 Å². The lowest BCUT2D eigenvalue weighted by atomic mass is 10.1. The van der Waals surface area contributed by atoms with E-state index < -0.39 is 0 Å². The average molecular weight is 282 g/mol. The zero-order chi connectivity index (χ0) is 13.5. The fraction of sp³-hybridized carbons (Fsp3) is 0.643. The molecule has 19 heavy (non-hydrogen) atoms. The van der Waals surface area contributed by atoms with Gasteiger partial charge in [0.1, 0.15) is 0 Å². The third-order valence-electron chi connectivity index (χ3n) is 3.40. The van der Waals surface area contributed by atoms with Crippen LogP contribution in [0.25, 0.3) is 0 Å². The normalized spacial score (nSPS) is 16.3. The van der Waals surface area contributed by atoms with Crippen molar-refractivity contribution in [3.05, 3.63) is 22.4 Å². The maximum absolute atomic E-state index is 12.2. The monoisotopic (exact) mass is 282 g/mol. The molecule has 1 aromatic rings. The summed E-state index contributed by atoms with van der Waals surface area (Å²) >= 11 is 1.75. The maximum Gasteiger partial charge on any atom is 0.317 e. The molecule has 1 aromatic heterocycles. The fourth-order valence-corrected chi connectivity index (χ4v) is 3.08. The lowest BCUT2D eigenvalue weighted by molar-refractivity contribution is 0.0463. The largest absolute Gasteiger partial charge is 0.381 e. The van der Waals surface area contributed by atoms with Crippen molar-refractivity contribution in [3.8, 4) is 0 Å². The molecule has 0 radical (unpaired) electrons. The highest BCUT2D eigenvalue weighted by atomic mass is 32.1. The van der Waals surface area contributed by atoms with Gasteiger partial charge in [0.15, 0.2) is 0 Å². The summed E-state index contributed by atoms with van der Waals surface area (Å²) in [4.78, 5) is 15.5. The number of nitrogens with one attached hydrogen (secondary N) is 1. The molecule has 1 fully saturated rings. The zero-order valence-electron chi connectivity index (χ0n) is 11.4. The summed E-state index contributed by atoms with van der Waals surface area (Å²) in [5.74, 6) is 0. The lowest BCUT2D eigenvalue weighted by Gasteiger charge is -2.34. The summed E-state index contributed by atoms with van der Waals surface area (Å²) in [5.41, 5.74) is 0. The molecule has 2 amide bonds. The van der Waals surface area contributed by atoms with Crippen molar-refractivity contribution in [2.45, 2.75) is 32.2 Å². The Morgan fingerprint density at radius 2 is 2.32 bits per heavy atom. The molecule has 2 rings (SSSR count). The van der Waals surface area contributed by atoms with Crippen LogP contribution >= 0.6 is 11.3 Å². The molecule has 0 saturated carbocycles. The average Bonchev–Trinajstić information content (AvgIpc) is 2.94.